The van der Waals surface area contributed by atoms with Crippen LogP contribution < -0.4 is 4.90 Å². The number of hydrogen-bond acceptors (Lipinski definition) is 6. The number of aromatic nitrogens is 4. The van der Waals surface area contributed by atoms with Gasteiger partial charge in [0.25, 0.3) is 0 Å². The van der Waals surface area contributed by atoms with Gasteiger partial charge in [-0.25, -0.2) is 19.3 Å². The van der Waals surface area contributed by atoms with Crippen LogP contribution in [0, 0.1) is 0 Å². The molecule has 4 aromatic rings. The normalized spacial score (nSPS) is 15.9. The van der Waals surface area contributed by atoms with E-state index in [-0.39, 0.29) is 5.56 Å². The second-order valence-electron chi connectivity index (χ2n) is 8.24. The Balaban J connectivity index is 1.49. The lowest BCUT2D eigenvalue weighted by Gasteiger charge is -2.25. The zero-order valence-electron chi connectivity index (χ0n) is 18.4. The third kappa shape index (κ3) is 4.29. The number of nitrogens with zero attached hydrogens (tertiary/aromatic N) is 5. The highest BCUT2D eigenvalue weighted by Crippen LogP contribution is 2.26. The van der Waals surface area contributed by atoms with E-state index in [0.29, 0.717) is 24.8 Å². The average molecular weight is 444 g/mol. The Kier molecular flexibility index (Phi) is 5.75. The highest BCUT2D eigenvalue weighted by atomic mass is 16.5. The van der Waals surface area contributed by atoms with Crippen molar-refractivity contribution in [3.63, 3.8) is 0 Å². The minimum absolute atomic E-state index is 0.229. The van der Waals surface area contributed by atoms with Gasteiger partial charge in [-0.2, -0.15) is 5.10 Å². The summed E-state index contributed by atoms with van der Waals surface area (Å²) in [6.45, 7) is 1.68. The van der Waals surface area contributed by atoms with Crippen molar-refractivity contribution in [1.29, 1.82) is 0 Å². The number of carbonyl (C=O) groups is 1. The van der Waals surface area contributed by atoms with Gasteiger partial charge in [-0.15, -0.1) is 0 Å². The minimum atomic E-state index is -0.963. The van der Waals surface area contributed by atoms with Crippen molar-refractivity contribution in [3.8, 4) is 11.3 Å². The van der Waals surface area contributed by atoms with Crippen molar-refractivity contribution in [2.75, 3.05) is 25.2 Å². The number of hydrogen-bond donors (Lipinski definition) is 1. The smallest absolute Gasteiger partial charge is 0.335 e. The first-order chi connectivity index (χ1) is 16.1. The van der Waals surface area contributed by atoms with E-state index in [0.717, 1.165) is 47.7 Å². The van der Waals surface area contributed by atoms with E-state index in [9.17, 15) is 9.90 Å². The molecule has 1 atom stereocenters. The molecule has 0 aliphatic carbocycles. The van der Waals surface area contributed by atoms with Crippen molar-refractivity contribution in [1.82, 2.24) is 19.6 Å². The number of fused-ring (bicyclic) bond motifs is 1. The van der Waals surface area contributed by atoms with Crippen LogP contribution in [0.1, 0.15) is 34.5 Å². The van der Waals surface area contributed by atoms with E-state index in [1.807, 2.05) is 24.3 Å². The third-order valence-electron chi connectivity index (χ3n) is 6.03. The molecule has 1 aliphatic rings. The Hall–Kier alpha value is -3.78. The SMILES string of the molecule is COCC1CCCN1c1cccc(Cc2cc(-c3cccc(C(=O)O)c3)nn3ccnc23)n1. The lowest BCUT2D eigenvalue weighted by molar-refractivity contribution is 0.0697. The summed E-state index contributed by atoms with van der Waals surface area (Å²) in [5.41, 5.74) is 4.34. The summed E-state index contributed by atoms with van der Waals surface area (Å²) in [5, 5.41) is 14.0. The molecule has 1 aliphatic heterocycles. The van der Waals surface area contributed by atoms with E-state index in [1.165, 1.54) is 0 Å². The fourth-order valence-electron chi connectivity index (χ4n) is 4.49. The molecular formula is C25H25N5O3. The molecule has 0 amide bonds. The Bertz CT molecular complexity index is 1300. The van der Waals surface area contributed by atoms with Crippen molar-refractivity contribution >= 4 is 17.4 Å². The van der Waals surface area contributed by atoms with Crippen molar-refractivity contribution < 1.29 is 14.6 Å². The van der Waals surface area contributed by atoms with Gasteiger partial charge in [0.1, 0.15) is 5.82 Å². The summed E-state index contributed by atoms with van der Waals surface area (Å²) < 4.78 is 7.13. The predicted molar refractivity (Wildman–Crippen MR) is 125 cm³/mol. The number of methoxy groups -OCH3 is 1. The first-order valence-corrected chi connectivity index (χ1v) is 11.0. The van der Waals surface area contributed by atoms with Crippen LogP contribution in [0.25, 0.3) is 16.9 Å². The standard InChI is InChI=1S/C25H25N5O3/c1-33-16-21-8-4-11-29(21)23-9-3-7-20(27-23)14-19-15-22(28-30-12-10-26-24(19)30)17-5-2-6-18(13-17)25(31)32/h2-3,5-7,9-10,12-13,15,21H,4,8,11,14,16H2,1H3,(H,31,32). The second-order valence-corrected chi connectivity index (χ2v) is 8.24. The molecule has 0 radical (unpaired) electrons. The van der Waals surface area contributed by atoms with Gasteiger partial charge in [0.2, 0.25) is 0 Å². The second kappa shape index (κ2) is 8.99. The molecule has 5 rings (SSSR count). The molecule has 4 heterocycles. The molecule has 3 aromatic heterocycles. The number of ether oxygens (including phenoxy) is 1. The monoisotopic (exact) mass is 443 g/mol. The molecule has 33 heavy (non-hydrogen) atoms. The van der Waals surface area contributed by atoms with Crippen LogP contribution in [0.4, 0.5) is 5.82 Å². The van der Waals surface area contributed by atoms with Crippen LogP contribution in [0.15, 0.2) is 60.9 Å². The number of imidazole rings is 1. The molecule has 1 saturated heterocycles. The number of aromatic carboxylic acids is 1. The Morgan fingerprint density at radius 1 is 1.21 bits per heavy atom. The van der Waals surface area contributed by atoms with Crippen molar-refractivity contribution in [3.05, 3.63) is 77.7 Å². The number of benzene rings is 1. The van der Waals surface area contributed by atoms with Crippen LogP contribution in [0.5, 0.6) is 0 Å². The molecule has 0 saturated carbocycles. The fourth-order valence-corrected chi connectivity index (χ4v) is 4.49. The maximum Gasteiger partial charge on any atom is 0.335 e. The van der Waals surface area contributed by atoms with Gasteiger partial charge in [-0.1, -0.05) is 18.2 Å². The first-order valence-electron chi connectivity index (χ1n) is 11.0. The Labute approximate surface area is 191 Å². The van der Waals surface area contributed by atoms with Gasteiger partial charge in [0.15, 0.2) is 5.65 Å². The summed E-state index contributed by atoms with van der Waals surface area (Å²) in [6, 6.07) is 15.3. The number of rotatable bonds is 7. The van der Waals surface area contributed by atoms with Crippen molar-refractivity contribution in [2.45, 2.75) is 25.3 Å². The van der Waals surface area contributed by atoms with Gasteiger partial charge >= 0.3 is 5.97 Å². The number of anilines is 1. The molecule has 1 fully saturated rings. The van der Waals surface area contributed by atoms with E-state index in [1.54, 1.807) is 42.2 Å². The Morgan fingerprint density at radius 2 is 2.09 bits per heavy atom. The predicted octanol–water partition coefficient (Wildman–Crippen LogP) is 3.70. The van der Waals surface area contributed by atoms with E-state index in [2.05, 4.69) is 21.0 Å². The Morgan fingerprint density at radius 3 is 2.94 bits per heavy atom. The summed E-state index contributed by atoms with van der Waals surface area (Å²) in [6.07, 6.45) is 6.35. The average Bonchev–Trinajstić information content (AvgIpc) is 3.49. The van der Waals surface area contributed by atoms with Crippen LogP contribution in [-0.2, 0) is 11.2 Å². The van der Waals surface area contributed by atoms with E-state index in [4.69, 9.17) is 9.72 Å². The maximum atomic E-state index is 11.4. The summed E-state index contributed by atoms with van der Waals surface area (Å²) >= 11 is 0. The van der Waals surface area contributed by atoms with Gasteiger partial charge < -0.3 is 14.7 Å². The molecular weight excluding hydrogens is 418 g/mol. The van der Waals surface area contributed by atoms with Crippen LogP contribution in [-0.4, -0.2) is 57.0 Å². The van der Waals surface area contributed by atoms with Crippen molar-refractivity contribution in [2.24, 2.45) is 0 Å². The van der Waals surface area contributed by atoms with Gasteiger partial charge in [-0.3, -0.25) is 0 Å². The summed E-state index contributed by atoms with van der Waals surface area (Å²) in [5.74, 6) is 0.00494. The van der Waals surface area contributed by atoms with Gasteiger partial charge in [0.05, 0.1) is 23.9 Å². The first kappa shape index (κ1) is 21.1. The van der Waals surface area contributed by atoms with Gasteiger partial charge in [-0.05, 0) is 43.2 Å². The van der Waals surface area contributed by atoms with Crippen LogP contribution in [0.3, 0.4) is 0 Å². The van der Waals surface area contributed by atoms with Crippen LogP contribution in [0.2, 0.25) is 0 Å². The van der Waals surface area contributed by atoms with Crippen LogP contribution >= 0.6 is 0 Å². The maximum absolute atomic E-state index is 11.4. The molecule has 1 N–H and O–H groups in total. The summed E-state index contributed by atoms with van der Waals surface area (Å²) in [7, 11) is 1.74. The quantitative estimate of drug-likeness (QED) is 0.466. The number of carboxylic acid groups (broad SMARTS) is 1. The fraction of sp³-hybridized carbons (Fsp3) is 0.280. The molecule has 8 heteroatoms. The number of pyridine rings is 1. The lowest BCUT2D eigenvalue weighted by atomic mass is 10.0. The third-order valence-corrected chi connectivity index (χ3v) is 6.03. The molecule has 168 valence electrons. The van der Waals surface area contributed by atoms with Gasteiger partial charge in [0, 0.05) is 49.3 Å². The lowest BCUT2D eigenvalue weighted by Crippen LogP contribution is -2.33. The van der Waals surface area contributed by atoms with E-state index >= 15 is 0 Å². The highest BCUT2D eigenvalue weighted by Gasteiger charge is 2.25. The topological polar surface area (TPSA) is 92.8 Å². The molecule has 0 spiro atoms. The minimum Gasteiger partial charge on any atom is -0.478 e. The largest absolute Gasteiger partial charge is 0.478 e. The molecule has 0 bridgehead atoms. The molecule has 1 unspecified atom stereocenters. The molecule has 1 aromatic carbocycles. The zero-order valence-corrected chi connectivity index (χ0v) is 18.4. The highest BCUT2D eigenvalue weighted by molar-refractivity contribution is 5.89. The van der Waals surface area contributed by atoms with E-state index < -0.39 is 5.97 Å². The number of carboxylic acids is 1. The molecule has 8 nitrogen and oxygen atoms in total. The zero-order chi connectivity index (χ0) is 22.8. The summed E-state index contributed by atoms with van der Waals surface area (Å²) in [4.78, 5) is 23.2.